The number of hydrogen-bond acceptors (Lipinski definition) is 4. The van der Waals surface area contributed by atoms with Crippen LogP contribution in [0.2, 0.25) is 0 Å². The molecule has 0 spiro atoms. The van der Waals surface area contributed by atoms with E-state index < -0.39 is 9.84 Å². The fourth-order valence-corrected chi connectivity index (χ4v) is 2.82. The molecule has 0 aliphatic heterocycles. The second-order valence-corrected chi connectivity index (χ2v) is 7.11. The van der Waals surface area contributed by atoms with E-state index in [1.807, 2.05) is 19.9 Å². The topological polar surface area (TPSA) is 59.3 Å². The molecule has 1 heterocycles. The van der Waals surface area contributed by atoms with Gasteiger partial charge in [-0.15, -0.1) is 0 Å². The van der Waals surface area contributed by atoms with E-state index in [2.05, 4.69) is 12.2 Å². The zero-order valence-corrected chi connectivity index (χ0v) is 12.4. The second kappa shape index (κ2) is 6.38. The van der Waals surface area contributed by atoms with Crippen LogP contribution < -0.4 is 5.32 Å². The van der Waals surface area contributed by atoms with E-state index in [1.165, 1.54) is 0 Å². The Hall–Kier alpha value is -0.810. The van der Waals surface area contributed by atoms with Crippen molar-refractivity contribution in [2.75, 3.05) is 18.1 Å². The molecule has 1 rings (SSSR count). The third-order valence-corrected chi connectivity index (χ3v) is 4.86. The van der Waals surface area contributed by atoms with E-state index >= 15 is 0 Å². The van der Waals surface area contributed by atoms with E-state index in [1.54, 1.807) is 6.92 Å². The normalized spacial score (nSPS) is 13.8. The van der Waals surface area contributed by atoms with E-state index in [4.69, 9.17) is 4.42 Å². The molecule has 1 N–H and O–H groups in total. The summed E-state index contributed by atoms with van der Waals surface area (Å²) in [5.41, 5.74) is 1.14. The number of furan rings is 1. The van der Waals surface area contributed by atoms with Gasteiger partial charge in [-0.05, 0) is 39.8 Å². The first kappa shape index (κ1) is 15.2. The van der Waals surface area contributed by atoms with E-state index in [9.17, 15) is 8.42 Å². The highest BCUT2D eigenvalue weighted by Gasteiger charge is 2.12. The average molecular weight is 273 g/mol. The third kappa shape index (κ3) is 4.46. The molecule has 4 nitrogen and oxygen atoms in total. The lowest BCUT2D eigenvalue weighted by Crippen LogP contribution is -2.22. The van der Waals surface area contributed by atoms with Gasteiger partial charge in [-0.1, -0.05) is 6.92 Å². The standard InChI is InChI=1S/C13H23NO3S/c1-5-18(15,16)8-6-7-14-11(3)13-9-10(2)17-12(13)4/h9,11,14H,5-8H2,1-4H3. The quantitative estimate of drug-likeness (QED) is 0.775. The summed E-state index contributed by atoms with van der Waals surface area (Å²) in [7, 11) is -2.84. The van der Waals surface area contributed by atoms with Gasteiger partial charge in [0.25, 0.3) is 0 Å². The van der Waals surface area contributed by atoms with Gasteiger partial charge in [0.1, 0.15) is 21.4 Å². The number of rotatable bonds is 7. The SMILES string of the molecule is CCS(=O)(=O)CCCNC(C)c1cc(C)oc1C. The molecule has 104 valence electrons. The van der Waals surface area contributed by atoms with Crippen molar-refractivity contribution in [1.29, 1.82) is 0 Å². The lowest BCUT2D eigenvalue weighted by molar-refractivity contribution is 0.489. The molecule has 1 unspecified atom stereocenters. The lowest BCUT2D eigenvalue weighted by Gasteiger charge is -2.12. The summed E-state index contributed by atoms with van der Waals surface area (Å²) in [4.78, 5) is 0. The Morgan fingerprint density at radius 1 is 1.39 bits per heavy atom. The maximum absolute atomic E-state index is 11.3. The highest BCUT2D eigenvalue weighted by atomic mass is 32.2. The number of hydrogen-bond donors (Lipinski definition) is 1. The van der Waals surface area contributed by atoms with Gasteiger partial charge in [-0.2, -0.15) is 0 Å². The molecule has 5 heteroatoms. The minimum absolute atomic E-state index is 0.187. The minimum Gasteiger partial charge on any atom is -0.466 e. The van der Waals surface area contributed by atoms with Crippen molar-refractivity contribution >= 4 is 9.84 Å². The Balaban J connectivity index is 2.38. The first-order valence-corrected chi connectivity index (χ1v) is 8.18. The maximum atomic E-state index is 11.3. The zero-order valence-electron chi connectivity index (χ0n) is 11.6. The van der Waals surface area contributed by atoms with Crippen molar-refractivity contribution in [2.45, 2.75) is 40.2 Å². The first-order valence-electron chi connectivity index (χ1n) is 6.36. The molecule has 0 aliphatic rings. The van der Waals surface area contributed by atoms with Crippen LogP contribution in [-0.4, -0.2) is 26.5 Å². The molecule has 18 heavy (non-hydrogen) atoms. The highest BCUT2D eigenvalue weighted by Crippen LogP contribution is 2.20. The summed E-state index contributed by atoms with van der Waals surface area (Å²) >= 11 is 0. The molecular weight excluding hydrogens is 250 g/mol. The Morgan fingerprint density at radius 3 is 2.56 bits per heavy atom. The molecule has 0 saturated heterocycles. The predicted octanol–water partition coefficient (Wildman–Crippen LogP) is 2.37. The van der Waals surface area contributed by atoms with Crippen LogP contribution in [0.5, 0.6) is 0 Å². The summed E-state index contributed by atoms with van der Waals surface area (Å²) < 4.78 is 28.1. The molecule has 0 fully saturated rings. The largest absolute Gasteiger partial charge is 0.466 e. The van der Waals surface area contributed by atoms with Gasteiger partial charge in [0, 0.05) is 17.4 Å². The van der Waals surface area contributed by atoms with Gasteiger partial charge in [0.05, 0.1) is 5.75 Å². The molecule has 0 aliphatic carbocycles. The summed E-state index contributed by atoms with van der Waals surface area (Å²) in [5, 5.41) is 3.33. The van der Waals surface area contributed by atoms with Gasteiger partial charge >= 0.3 is 0 Å². The first-order chi connectivity index (χ1) is 8.35. The summed E-state index contributed by atoms with van der Waals surface area (Å²) in [6, 6.07) is 2.21. The molecule has 0 aromatic carbocycles. The number of nitrogens with one attached hydrogen (secondary N) is 1. The van der Waals surface area contributed by atoms with Crippen LogP contribution >= 0.6 is 0 Å². The van der Waals surface area contributed by atoms with Crippen LogP contribution in [0.25, 0.3) is 0 Å². The zero-order chi connectivity index (χ0) is 13.8. The van der Waals surface area contributed by atoms with Crippen molar-refractivity contribution in [1.82, 2.24) is 5.32 Å². The number of aryl methyl sites for hydroxylation is 2. The van der Waals surface area contributed by atoms with Crippen molar-refractivity contribution in [2.24, 2.45) is 0 Å². The van der Waals surface area contributed by atoms with Gasteiger partial charge in [0.2, 0.25) is 0 Å². The van der Waals surface area contributed by atoms with Gasteiger partial charge in [0.15, 0.2) is 0 Å². The fraction of sp³-hybridized carbons (Fsp3) is 0.692. The van der Waals surface area contributed by atoms with E-state index in [0.717, 1.165) is 17.1 Å². The summed E-state index contributed by atoms with van der Waals surface area (Å²) in [5.74, 6) is 2.31. The van der Waals surface area contributed by atoms with Crippen molar-refractivity contribution in [3.05, 3.63) is 23.2 Å². The van der Waals surface area contributed by atoms with Crippen LogP contribution in [0.1, 0.15) is 43.4 Å². The molecule has 1 atom stereocenters. The van der Waals surface area contributed by atoms with Crippen LogP contribution in [0, 0.1) is 13.8 Å². The van der Waals surface area contributed by atoms with Crippen LogP contribution in [-0.2, 0) is 9.84 Å². The lowest BCUT2D eigenvalue weighted by atomic mass is 10.1. The van der Waals surface area contributed by atoms with Crippen LogP contribution in [0.15, 0.2) is 10.5 Å². The van der Waals surface area contributed by atoms with Crippen molar-refractivity contribution in [3.63, 3.8) is 0 Å². The average Bonchev–Trinajstić information content (AvgIpc) is 2.64. The van der Waals surface area contributed by atoms with Crippen molar-refractivity contribution < 1.29 is 12.8 Å². The van der Waals surface area contributed by atoms with Crippen LogP contribution in [0.4, 0.5) is 0 Å². The van der Waals surface area contributed by atoms with Crippen molar-refractivity contribution in [3.8, 4) is 0 Å². The fourth-order valence-electron chi connectivity index (χ4n) is 1.95. The second-order valence-electron chi connectivity index (χ2n) is 4.63. The Kier molecular flexibility index (Phi) is 5.41. The monoisotopic (exact) mass is 273 g/mol. The molecule has 0 amide bonds. The Bertz CT molecular complexity index is 476. The molecule has 0 bridgehead atoms. The molecule has 1 aromatic heterocycles. The predicted molar refractivity (Wildman–Crippen MR) is 73.5 cm³/mol. The van der Waals surface area contributed by atoms with Gasteiger partial charge in [-0.25, -0.2) is 8.42 Å². The minimum atomic E-state index is -2.84. The highest BCUT2D eigenvalue weighted by molar-refractivity contribution is 7.91. The maximum Gasteiger partial charge on any atom is 0.150 e. The summed E-state index contributed by atoms with van der Waals surface area (Å²) in [6.07, 6.45) is 0.649. The Labute approximate surface area is 110 Å². The molecule has 0 radical (unpaired) electrons. The third-order valence-electron chi connectivity index (χ3n) is 3.07. The summed E-state index contributed by atoms with van der Waals surface area (Å²) in [6.45, 7) is 8.32. The van der Waals surface area contributed by atoms with E-state index in [0.29, 0.717) is 13.0 Å². The molecule has 0 saturated carbocycles. The smallest absolute Gasteiger partial charge is 0.150 e. The van der Waals surface area contributed by atoms with Crippen LogP contribution in [0.3, 0.4) is 0 Å². The van der Waals surface area contributed by atoms with E-state index in [-0.39, 0.29) is 17.5 Å². The van der Waals surface area contributed by atoms with Gasteiger partial charge in [-0.3, -0.25) is 0 Å². The van der Waals surface area contributed by atoms with Gasteiger partial charge < -0.3 is 9.73 Å². The molecular formula is C13H23NO3S. The molecule has 1 aromatic rings. The number of sulfone groups is 1. The Morgan fingerprint density at radius 2 is 2.06 bits per heavy atom.